The van der Waals surface area contributed by atoms with Gasteiger partial charge in [-0.15, -0.1) is 0 Å². The van der Waals surface area contributed by atoms with Crippen LogP contribution in [0.1, 0.15) is 19.8 Å². The highest BCUT2D eigenvalue weighted by atomic mass is 35.5. The van der Waals surface area contributed by atoms with Gasteiger partial charge >= 0.3 is 0 Å². The van der Waals surface area contributed by atoms with E-state index in [0.29, 0.717) is 23.1 Å². The van der Waals surface area contributed by atoms with Crippen LogP contribution in [-0.2, 0) is 9.59 Å². The molecule has 1 saturated heterocycles. The van der Waals surface area contributed by atoms with Crippen molar-refractivity contribution < 1.29 is 14.3 Å². The molecular weight excluding hydrogens is 280 g/mol. The lowest BCUT2D eigenvalue weighted by Crippen LogP contribution is -2.28. The number of hydrogen-bond donors (Lipinski definition) is 1. The monoisotopic (exact) mass is 296 g/mol. The molecule has 0 bridgehead atoms. The highest BCUT2D eigenvalue weighted by molar-refractivity contribution is 6.31. The fourth-order valence-electron chi connectivity index (χ4n) is 2.17. The molecule has 2 rings (SSSR count). The number of benzene rings is 1. The minimum Gasteiger partial charge on any atom is -0.491 e. The molecule has 1 aliphatic heterocycles. The molecule has 2 N–H and O–H groups in total. The normalized spacial score (nSPS) is 18.4. The van der Waals surface area contributed by atoms with Crippen molar-refractivity contribution in [2.24, 2.45) is 11.7 Å². The van der Waals surface area contributed by atoms with Gasteiger partial charge in [0.15, 0.2) is 0 Å². The summed E-state index contributed by atoms with van der Waals surface area (Å²) in [6.45, 7) is 2.83. The summed E-state index contributed by atoms with van der Waals surface area (Å²) in [4.78, 5) is 24.8. The third kappa shape index (κ3) is 3.04. The Morgan fingerprint density at radius 1 is 1.55 bits per heavy atom. The number of primary amides is 1. The SMILES string of the molecule is CCCOc1ccc(Cl)cc1N1CC(C(N)=O)CC1=O. The maximum absolute atomic E-state index is 12.0. The van der Waals surface area contributed by atoms with Crippen LogP contribution in [0, 0.1) is 5.92 Å². The zero-order chi connectivity index (χ0) is 14.7. The van der Waals surface area contributed by atoms with E-state index in [9.17, 15) is 9.59 Å². The van der Waals surface area contributed by atoms with Crippen LogP contribution in [0.15, 0.2) is 18.2 Å². The van der Waals surface area contributed by atoms with Crippen molar-refractivity contribution in [3.63, 3.8) is 0 Å². The number of nitrogens with two attached hydrogens (primary N) is 1. The molecule has 1 aromatic carbocycles. The van der Waals surface area contributed by atoms with Gasteiger partial charge in [-0.2, -0.15) is 0 Å². The van der Waals surface area contributed by atoms with Crippen molar-refractivity contribution >= 4 is 29.1 Å². The number of rotatable bonds is 5. The first kappa shape index (κ1) is 14.7. The summed E-state index contributed by atoms with van der Waals surface area (Å²) in [7, 11) is 0. The Balaban J connectivity index is 2.29. The molecule has 1 heterocycles. The summed E-state index contributed by atoms with van der Waals surface area (Å²) in [5.41, 5.74) is 5.87. The minimum absolute atomic E-state index is 0.134. The number of halogens is 1. The summed E-state index contributed by atoms with van der Waals surface area (Å²) in [5, 5.41) is 0.513. The Morgan fingerprint density at radius 2 is 2.30 bits per heavy atom. The molecule has 0 spiro atoms. The predicted molar refractivity (Wildman–Crippen MR) is 76.9 cm³/mol. The first-order valence-corrected chi connectivity index (χ1v) is 6.92. The van der Waals surface area contributed by atoms with E-state index < -0.39 is 11.8 Å². The van der Waals surface area contributed by atoms with E-state index in [1.807, 2.05) is 6.92 Å². The topological polar surface area (TPSA) is 72.6 Å². The molecular formula is C14H17ClN2O3. The van der Waals surface area contributed by atoms with Crippen LogP contribution in [-0.4, -0.2) is 25.0 Å². The Morgan fingerprint density at radius 3 is 2.90 bits per heavy atom. The van der Waals surface area contributed by atoms with Crippen molar-refractivity contribution in [1.29, 1.82) is 0 Å². The average Bonchev–Trinajstić information content (AvgIpc) is 2.79. The van der Waals surface area contributed by atoms with Crippen molar-refractivity contribution in [3.8, 4) is 5.75 Å². The molecule has 6 heteroatoms. The van der Waals surface area contributed by atoms with Crippen LogP contribution in [0.5, 0.6) is 5.75 Å². The van der Waals surface area contributed by atoms with E-state index in [1.165, 1.54) is 4.90 Å². The lowest BCUT2D eigenvalue weighted by Gasteiger charge is -2.20. The molecule has 1 aliphatic rings. The van der Waals surface area contributed by atoms with E-state index in [1.54, 1.807) is 18.2 Å². The summed E-state index contributed by atoms with van der Waals surface area (Å²) < 4.78 is 5.63. The van der Waals surface area contributed by atoms with Crippen LogP contribution in [0.4, 0.5) is 5.69 Å². The highest BCUT2D eigenvalue weighted by Gasteiger charge is 2.35. The molecule has 2 amide bonds. The zero-order valence-corrected chi connectivity index (χ0v) is 12.0. The number of amides is 2. The third-order valence-corrected chi connectivity index (χ3v) is 3.44. The maximum Gasteiger partial charge on any atom is 0.227 e. The van der Waals surface area contributed by atoms with Crippen molar-refractivity contribution in [3.05, 3.63) is 23.2 Å². The van der Waals surface area contributed by atoms with Crippen LogP contribution in [0.3, 0.4) is 0 Å². The van der Waals surface area contributed by atoms with Gasteiger partial charge in [0, 0.05) is 18.0 Å². The largest absolute Gasteiger partial charge is 0.491 e. The molecule has 1 atom stereocenters. The van der Waals surface area contributed by atoms with E-state index in [0.717, 1.165) is 6.42 Å². The lowest BCUT2D eigenvalue weighted by molar-refractivity contribution is -0.123. The average molecular weight is 297 g/mol. The van der Waals surface area contributed by atoms with Crippen molar-refractivity contribution in [1.82, 2.24) is 0 Å². The van der Waals surface area contributed by atoms with Gasteiger partial charge in [-0.3, -0.25) is 9.59 Å². The second kappa shape index (κ2) is 6.13. The summed E-state index contributed by atoms with van der Waals surface area (Å²) >= 11 is 5.99. The number of carbonyl (C=O) groups is 2. The van der Waals surface area contributed by atoms with Crippen molar-refractivity contribution in [2.75, 3.05) is 18.1 Å². The fraction of sp³-hybridized carbons (Fsp3) is 0.429. The van der Waals surface area contributed by atoms with Crippen LogP contribution in [0.2, 0.25) is 5.02 Å². The molecule has 20 heavy (non-hydrogen) atoms. The number of hydrogen-bond acceptors (Lipinski definition) is 3. The third-order valence-electron chi connectivity index (χ3n) is 3.20. The molecule has 108 valence electrons. The minimum atomic E-state index is -0.459. The van der Waals surface area contributed by atoms with Crippen LogP contribution in [0.25, 0.3) is 0 Å². The number of anilines is 1. The summed E-state index contributed by atoms with van der Waals surface area (Å²) in [6, 6.07) is 5.12. The van der Waals surface area contributed by atoms with Gasteiger partial charge in [-0.05, 0) is 24.6 Å². The van der Waals surface area contributed by atoms with Gasteiger partial charge < -0.3 is 15.4 Å². The molecule has 1 fully saturated rings. The Bertz CT molecular complexity index is 533. The van der Waals surface area contributed by atoms with Crippen LogP contribution < -0.4 is 15.4 Å². The van der Waals surface area contributed by atoms with Gasteiger partial charge in [0.25, 0.3) is 0 Å². The molecule has 5 nitrogen and oxygen atoms in total. The molecule has 1 unspecified atom stereocenters. The Hall–Kier alpha value is -1.75. The molecule has 0 radical (unpaired) electrons. The number of ether oxygens (including phenoxy) is 1. The molecule has 0 aromatic heterocycles. The van der Waals surface area contributed by atoms with Crippen molar-refractivity contribution in [2.45, 2.75) is 19.8 Å². The second-order valence-electron chi connectivity index (χ2n) is 4.77. The van der Waals surface area contributed by atoms with Gasteiger partial charge in [0.2, 0.25) is 11.8 Å². The predicted octanol–water partition coefficient (Wildman–Crippen LogP) is 1.97. The van der Waals surface area contributed by atoms with Gasteiger partial charge in [-0.25, -0.2) is 0 Å². The van der Waals surface area contributed by atoms with E-state index in [4.69, 9.17) is 22.1 Å². The van der Waals surface area contributed by atoms with E-state index >= 15 is 0 Å². The summed E-state index contributed by atoms with van der Waals surface area (Å²) in [6.07, 6.45) is 0.995. The Labute approximate surface area is 122 Å². The number of carbonyl (C=O) groups excluding carboxylic acids is 2. The van der Waals surface area contributed by atoms with Gasteiger partial charge in [-0.1, -0.05) is 18.5 Å². The zero-order valence-electron chi connectivity index (χ0n) is 11.3. The molecule has 1 aromatic rings. The Kier molecular flexibility index (Phi) is 4.49. The summed E-state index contributed by atoms with van der Waals surface area (Å²) in [5.74, 6) is -0.466. The first-order chi connectivity index (χ1) is 9.52. The molecule has 0 aliphatic carbocycles. The standard InChI is InChI=1S/C14H17ClN2O3/c1-2-5-20-12-4-3-10(15)7-11(12)17-8-9(14(16)19)6-13(17)18/h3-4,7,9H,2,5-6,8H2,1H3,(H2,16,19). The van der Waals surface area contributed by atoms with Gasteiger partial charge in [0.1, 0.15) is 5.75 Å². The molecule has 0 saturated carbocycles. The number of nitrogens with zero attached hydrogens (tertiary/aromatic N) is 1. The quantitative estimate of drug-likeness (QED) is 0.903. The first-order valence-electron chi connectivity index (χ1n) is 6.55. The highest BCUT2D eigenvalue weighted by Crippen LogP contribution is 2.35. The maximum atomic E-state index is 12.0. The lowest BCUT2D eigenvalue weighted by atomic mass is 10.1. The van der Waals surface area contributed by atoms with Gasteiger partial charge in [0.05, 0.1) is 18.2 Å². The van der Waals surface area contributed by atoms with E-state index in [2.05, 4.69) is 0 Å². The fourth-order valence-corrected chi connectivity index (χ4v) is 2.33. The van der Waals surface area contributed by atoms with E-state index in [-0.39, 0.29) is 18.9 Å². The smallest absolute Gasteiger partial charge is 0.227 e. The second-order valence-corrected chi connectivity index (χ2v) is 5.20. The van der Waals surface area contributed by atoms with Crippen LogP contribution >= 0.6 is 11.6 Å².